The molecular formula is C14H16BrNO2S. The third-order valence-electron chi connectivity index (χ3n) is 3.44. The minimum atomic E-state index is -3.56. The molecule has 0 atom stereocenters. The molecule has 0 unspecified atom stereocenters. The van der Waals surface area contributed by atoms with E-state index in [4.69, 9.17) is 6.42 Å². The van der Waals surface area contributed by atoms with E-state index in [1.54, 1.807) is 24.3 Å². The fourth-order valence-electron chi connectivity index (χ4n) is 2.36. The van der Waals surface area contributed by atoms with E-state index < -0.39 is 15.6 Å². The number of rotatable bonds is 3. The van der Waals surface area contributed by atoms with Gasteiger partial charge in [0.2, 0.25) is 10.0 Å². The quantitative estimate of drug-likeness (QED) is 0.858. The second kappa shape index (κ2) is 5.66. The van der Waals surface area contributed by atoms with Crippen molar-refractivity contribution < 1.29 is 8.42 Å². The van der Waals surface area contributed by atoms with Crippen molar-refractivity contribution in [1.82, 2.24) is 4.72 Å². The van der Waals surface area contributed by atoms with E-state index in [2.05, 4.69) is 26.6 Å². The van der Waals surface area contributed by atoms with Crippen LogP contribution in [0.4, 0.5) is 0 Å². The first-order valence-electron chi connectivity index (χ1n) is 6.25. The van der Waals surface area contributed by atoms with Gasteiger partial charge in [-0.2, -0.15) is 4.72 Å². The van der Waals surface area contributed by atoms with Crippen molar-refractivity contribution >= 4 is 26.0 Å². The molecule has 0 saturated heterocycles. The van der Waals surface area contributed by atoms with Crippen LogP contribution < -0.4 is 4.72 Å². The first-order chi connectivity index (χ1) is 8.97. The van der Waals surface area contributed by atoms with Gasteiger partial charge < -0.3 is 0 Å². The zero-order valence-corrected chi connectivity index (χ0v) is 12.9. The van der Waals surface area contributed by atoms with Gasteiger partial charge in [0.15, 0.2) is 0 Å². The zero-order valence-electron chi connectivity index (χ0n) is 10.5. The van der Waals surface area contributed by atoms with Crippen molar-refractivity contribution in [1.29, 1.82) is 0 Å². The van der Waals surface area contributed by atoms with Gasteiger partial charge in [-0.25, -0.2) is 8.42 Å². The molecule has 0 heterocycles. The van der Waals surface area contributed by atoms with Gasteiger partial charge in [-0.05, 0) is 37.1 Å². The molecule has 0 aliphatic heterocycles. The molecule has 0 bridgehead atoms. The Labute approximate surface area is 123 Å². The van der Waals surface area contributed by atoms with E-state index in [-0.39, 0.29) is 4.90 Å². The van der Waals surface area contributed by atoms with E-state index >= 15 is 0 Å². The van der Waals surface area contributed by atoms with Crippen LogP contribution in [0.15, 0.2) is 33.6 Å². The molecule has 1 fully saturated rings. The van der Waals surface area contributed by atoms with Crippen LogP contribution in [-0.4, -0.2) is 14.0 Å². The van der Waals surface area contributed by atoms with Crippen molar-refractivity contribution in [2.75, 3.05) is 0 Å². The van der Waals surface area contributed by atoms with E-state index in [1.807, 2.05) is 0 Å². The summed E-state index contributed by atoms with van der Waals surface area (Å²) < 4.78 is 28.3. The van der Waals surface area contributed by atoms with Gasteiger partial charge >= 0.3 is 0 Å². The topological polar surface area (TPSA) is 46.2 Å². The number of benzene rings is 1. The predicted molar refractivity (Wildman–Crippen MR) is 79.1 cm³/mol. The molecule has 1 aromatic carbocycles. The van der Waals surface area contributed by atoms with Crippen LogP contribution in [-0.2, 0) is 10.0 Å². The van der Waals surface area contributed by atoms with Gasteiger partial charge in [0.05, 0.1) is 10.4 Å². The molecule has 0 aromatic heterocycles. The number of sulfonamides is 1. The molecule has 1 saturated carbocycles. The number of halogens is 1. The average molecular weight is 342 g/mol. The highest BCUT2D eigenvalue weighted by molar-refractivity contribution is 9.10. The Balaban J connectivity index is 2.25. The molecule has 1 aliphatic rings. The summed E-state index contributed by atoms with van der Waals surface area (Å²) in [4.78, 5) is 0.246. The van der Waals surface area contributed by atoms with E-state index in [1.165, 1.54) is 0 Å². The maximum atomic E-state index is 12.4. The average Bonchev–Trinajstić information content (AvgIpc) is 2.40. The number of hydrogen-bond acceptors (Lipinski definition) is 2. The summed E-state index contributed by atoms with van der Waals surface area (Å²) in [5, 5.41) is 0. The normalized spacial score (nSPS) is 18.7. The predicted octanol–water partition coefficient (Wildman–Crippen LogP) is 3.06. The lowest BCUT2D eigenvalue weighted by Crippen LogP contribution is -2.48. The van der Waals surface area contributed by atoms with Crippen LogP contribution in [0.1, 0.15) is 32.1 Å². The monoisotopic (exact) mass is 341 g/mol. The van der Waals surface area contributed by atoms with Crippen molar-refractivity contribution in [3.8, 4) is 12.3 Å². The van der Waals surface area contributed by atoms with Crippen LogP contribution in [0.2, 0.25) is 0 Å². The Kier molecular flexibility index (Phi) is 4.34. The standard InChI is InChI=1S/C14H16BrNO2S/c1-2-14(10-4-3-5-11-14)16-19(17,18)13-8-6-12(15)7-9-13/h1,6-9,16H,3-5,10-11H2. The summed E-state index contributed by atoms with van der Waals surface area (Å²) in [5.41, 5.74) is -0.718. The molecule has 2 rings (SSSR count). The van der Waals surface area contributed by atoms with Crippen LogP contribution in [0.5, 0.6) is 0 Å². The fourth-order valence-corrected chi connectivity index (χ4v) is 4.02. The molecule has 0 radical (unpaired) electrons. The Hall–Kier alpha value is -0.830. The second-order valence-electron chi connectivity index (χ2n) is 4.85. The van der Waals surface area contributed by atoms with Crippen LogP contribution in [0, 0.1) is 12.3 Å². The van der Waals surface area contributed by atoms with Crippen molar-refractivity contribution in [2.45, 2.75) is 42.5 Å². The summed E-state index contributed by atoms with van der Waals surface area (Å²) in [5.74, 6) is 2.66. The number of terminal acetylenes is 1. The second-order valence-corrected chi connectivity index (χ2v) is 7.44. The minimum Gasteiger partial charge on any atom is -0.207 e. The van der Waals surface area contributed by atoms with Crippen molar-refractivity contribution in [3.05, 3.63) is 28.7 Å². The summed E-state index contributed by atoms with van der Waals surface area (Å²) in [6.45, 7) is 0. The smallest absolute Gasteiger partial charge is 0.207 e. The molecule has 102 valence electrons. The van der Waals surface area contributed by atoms with E-state index in [0.717, 1.165) is 23.7 Å². The highest BCUT2D eigenvalue weighted by atomic mass is 79.9. The lowest BCUT2D eigenvalue weighted by atomic mass is 9.83. The summed E-state index contributed by atoms with van der Waals surface area (Å²) in [6.07, 6.45) is 10.0. The molecule has 0 amide bonds. The first kappa shape index (κ1) is 14.6. The Bertz CT molecular complexity index is 581. The lowest BCUT2D eigenvalue weighted by molar-refractivity contribution is 0.341. The molecule has 5 heteroatoms. The summed E-state index contributed by atoms with van der Waals surface area (Å²) in [7, 11) is -3.56. The Morgan fingerprint density at radius 2 is 1.74 bits per heavy atom. The van der Waals surface area contributed by atoms with Crippen LogP contribution >= 0.6 is 15.9 Å². The Morgan fingerprint density at radius 3 is 2.26 bits per heavy atom. The number of hydrogen-bond donors (Lipinski definition) is 1. The highest BCUT2D eigenvalue weighted by Gasteiger charge is 2.34. The summed E-state index contributed by atoms with van der Waals surface area (Å²) in [6, 6.07) is 6.55. The maximum Gasteiger partial charge on any atom is 0.241 e. The van der Waals surface area contributed by atoms with Gasteiger partial charge in [-0.15, -0.1) is 6.42 Å². The number of nitrogens with one attached hydrogen (secondary N) is 1. The summed E-state index contributed by atoms with van der Waals surface area (Å²) >= 11 is 3.29. The van der Waals surface area contributed by atoms with Gasteiger partial charge in [-0.1, -0.05) is 41.1 Å². The molecule has 1 aromatic rings. The zero-order chi connectivity index (χ0) is 13.9. The SMILES string of the molecule is C#CC1(NS(=O)(=O)c2ccc(Br)cc2)CCCCC1. The fraction of sp³-hybridized carbons (Fsp3) is 0.429. The van der Waals surface area contributed by atoms with Gasteiger partial charge in [-0.3, -0.25) is 0 Å². The molecule has 19 heavy (non-hydrogen) atoms. The van der Waals surface area contributed by atoms with Gasteiger partial charge in [0, 0.05) is 4.47 Å². The molecular weight excluding hydrogens is 326 g/mol. The van der Waals surface area contributed by atoms with E-state index in [9.17, 15) is 8.42 Å². The Morgan fingerprint density at radius 1 is 1.16 bits per heavy atom. The van der Waals surface area contributed by atoms with Crippen LogP contribution in [0.3, 0.4) is 0 Å². The third-order valence-corrected chi connectivity index (χ3v) is 5.52. The van der Waals surface area contributed by atoms with Crippen molar-refractivity contribution in [3.63, 3.8) is 0 Å². The van der Waals surface area contributed by atoms with E-state index in [0.29, 0.717) is 12.8 Å². The first-order valence-corrected chi connectivity index (χ1v) is 8.52. The molecule has 3 nitrogen and oxygen atoms in total. The van der Waals surface area contributed by atoms with Gasteiger partial charge in [0.25, 0.3) is 0 Å². The van der Waals surface area contributed by atoms with Gasteiger partial charge in [0.1, 0.15) is 0 Å². The molecule has 1 N–H and O–H groups in total. The lowest BCUT2D eigenvalue weighted by Gasteiger charge is -2.32. The largest absolute Gasteiger partial charge is 0.241 e. The molecule has 0 spiro atoms. The van der Waals surface area contributed by atoms with Crippen molar-refractivity contribution in [2.24, 2.45) is 0 Å². The maximum absolute atomic E-state index is 12.4. The van der Waals surface area contributed by atoms with Crippen LogP contribution in [0.25, 0.3) is 0 Å². The molecule has 1 aliphatic carbocycles. The minimum absolute atomic E-state index is 0.246. The third kappa shape index (κ3) is 3.38. The highest BCUT2D eigenvalue weighted by Crippen LogP contribution is 2.29.